The molecular formula is C10H18ClNO3S. The zero-order valence-electron chi connectivity index (χ0n) is 9.49. The summed E-state index contributed by atoms with van der Waals surface area (Å²) in [6, 6.07) is 0. The van der Waals surface area contributed by atoms with Crippen molar-refractivity contribution >= 4 is 26.9 Å². The van der Waals surface area contributed by atoms with Gasteiger partial charge in [0.15, 0.2) is 0 Å². The maximum absolute atomic E-state index is 11.9. The molecular weight excluding hydrogens is 250 g/mol. The van der Waals surface area contributed by atoms with Crippen molar-refractivity contribution in [2.75, 3.05) is 18.8 Å². The normalized spacial score (nSPS) is 23.2. The van der Waals surface area contributed by atoms with Crippen molar-refractivity contribution in [2.45, 2.75) is 32.6 Å². The van der Waals surface area contributed by atoms with Crippen molar-refractivity contribution in [1.29, 1.82) is 0 Å². The van der Waals surface area contributed by atoms with Crippen LogP contribution < -0.4 is 0 Å². The molecule has 4 nitrogen and oxygen atoms in total. The number of rotatable bonds is 5. The van der Waals surface area contributed by atoms with Gasteiger partial charge in [-0.15, -0.1) is 0 Å². The molecule has 0 aromatic heterocycles. The topological polar surface area (TPSA) is 54.5 Å². The summed E-state index contributed by atoms with van der Waals surface area (Å²) in [5.41, 5.74) is 0. The van der Waals surface area contributed by atoms with Crippen molar-refractivity contribution in [3.63, 3.8) is 0 Å². The number of carbonyl (C=O) groups is 1. The molecule has 16 heavy (non-hydrogen) atoms. The molecule has 0 amide bonds. The molecule has 0 spiro atoms. The van der Waals surface area contributed by atoms with Crippen LogP contribution in [0.1, 0.15) is 32.6 Å². The molecule has 1 unspecified atom stereocenters. The Bertz CT molecular complexity index is 342. The van der Waals surface area contributed by atoms with Gasteiger partial charge in [0.2, 0.25) is 15.3 Å². The van der Waals surface area contributed by atoms with Gasteiger partial charge in [-0.1, -0.05) is 6.92 Å². The van der Waals surface area contributed by atoms with E-state index in [0.29, 0.717) is 25.4 Å². The number of sulfonamides is 1. The number of carbonyl (C=O) groups excluding carboxylic acids is 1. The molecule has 0 radical (unpaired) electrons. The summed E-state index contributed by atoms with van der Waals surface area (Å²) in [6.07, 6.45) is 2.46. The van der Waals surface area contributed by atoms with E-state index in [1.165, 1.54) is 0 Å². The molecule has 1 aliphatic rings. The molecule has 1 atom stereocenters. The summed E-state index contributed by atoms with van der Waals surface area (Å²) in [6.45, 7) is 3.28. The minimum Gasteiger partial charge on any atom is -0.281 e. The van der Waals surface area contributed by atoms with Crippen molar-refractivity contribution < 1.29 is 13.2 Å². The number of hydrogen-bond donors (Lipinski definition) is 0. The Labute approximate surface area is 102 Å². The van der Waals surface area contributed by atoms with E-state index in [0.717, 1.165) is 12.8 Å². The van der Waals surface area contributed by atoms with Crippen molar-refractivity contribution in [3.05, 3.63) is 0 Å². The molecule has 0 aromatic carbocycles. The fraction of sp³-hybridized carbons (Fsp3) is 0.900. The highest BCUT2D eigenvalue weighted by Gasteiger charge is 2.26. The predicted octanol–water partition coefficient (Wildman–Crippen LogP) is 1.59. The summed E-state index contributed by atoms with van der Waals surface area (Å²) in [5, 5.41) is -0.470. The minimum absolute atomic E-state index is 0.0260. The molecule has 0 bridgehead atoms. The van der Waals surface area contributed by atoms with E-state index in [4.69, 9.17) is 11.6 Å². The van der Waals surface area contributed by atoms with E-state index >= 15 is 0 Å². The number of halogens is 1. The quantitative estimate of drug-likeness (QED) is 0.711. The number of piperidine rings is 1. The van der Waals surface area contributed by atoms with Gasteiger partial charge in [-0.05, 0) is 36.8 Å². The lowest BCUT2D eigenvalue weighted by molar-refractivity contribution is -0.111. The second-order valence-electron chi connectivity index (χ2n) is 4.38. The van der Waals surface area contributed by atoms with Crippen LogP contribution in [0, 0.1) is 5.92 Å². The molecule has 0 N–H and O–H groups in total. The monoisotopic (exact) mass is 267 g/mol. The average molecular weight is 268 g/mol. The molecule has 6 heteroatoms. The Hall–Kier alpha value is -0.130. The van der Waals surface area contributed by atoms with Gasteiger partial charge in [0.25, 0.3) is 0 Å². The van der Waals surface area contributed by atoms with Crippen LogP contribution in [0.25, 0.3) is 0 Å². The van der Waals surface area contributed by atoms with E-state index in [1.807, 2.05) is 0 Å². The summed E-state index contributed by atoms with van der Waals surface area (Å²) in [4.78, 5) is 10.5. The summed E-state index contributed by atoms with van der Waals surface area (Å²) in [7, 11) is -3.19. The first kappa shape index (κ1) is 13.9. The van der Waals surface area contributed by atoms with Crippen molar-refractivity contribution in [2.24, 2.45) is 5.92 Å². The predicted molar refractivity (Wildman–Crippen MR) is 63.9 cm³/mol. The molecule has 0 aliphatic carbocycles. The third-order valence-electron chi connectivity index (χ3n) is 2.79. The fourth-order valence-corrected chi connectivity index (χ4v) is 3.71. The van der Waals surface area contributed by atoms with Crippen LogP contribution in [0.3, 0.4) is 0 Å². The first-order valence-electron chi connectivity index (χ1n) is 5.58. The van der Waals surface area contributed by atoms with Crippen molar-refractivity contribution in [3.8, 4) is 0 Å². The lowest BCUT2D eigenvalue weighted by Crippen LogP contribution is -2.40. The Morgan fingerprint density at radius 3 is 2.75 bits per heavy atom. The van der Waals surface area contributed by atoms with Gasteiger partial charge >= 0.3 is 0 Å². The first-order valence-corrected chi connectivity index (χ1v) is 7.56. The van der Waals surface area contributed by atoms with Crippen LogP contribution in [-0.2, 0) is 14.8 Å². The maximum Gasteiger partial charge on any atom is 0.221 e. The zero-order chi connectivity index (χ0) is 12.2. The van der Waals surface area contributed by atoms with Gasteiger partial charge in [-0.3, -0.25) is 4.79 Å². The van der Waals surface area contributed by atoms with Gasteiger partial charge in [0.1, 0.15) is 0 Å². The minimum atomic E-state index is -3.19. The standard InChI is InChI=1S/C10H18ClNO3S/c1-9-4-2-6-12(8-9)16(14,15)7-3-5-10(11)13/h9H,2-8H2,1H3. The molecule has 0 aromatic rings. The Morgan fingerprint density at radius 2 is 2.19 bits per heavy atom. The zero-order valence-corrected chi connectivity index (χ0v) is 11.1. The summed E-state index contributed by atoms with van der Waals surface area (Å²) >= 11 is 5.17. The Balaban J connectivity index is 2.46. The lowest BCUT2D eigenvalue weighted by atomic mass is 10.0. The van der Waals surface area contributed by atoms with Crippen LogP contribution in [-0.4, -0.2) is 36.8 Å². The van der Waals surface area contributed by atoms with Gasteiger partial charge in [-0.2, -0.15) is 0 Å². The average Bonchev–Trinajstić information content (AvgIpc) is 2.16. The highest BCUT2D eigenvalue weighted by atomic mass is 35.5. The molecule has 94 valence electrons. The van der Waals surface area contributed by atoms with Crippen LogP contribution in [0.2, 0.25) is 0 Å². The largest absolute Gasteiger partial charge is 0.281 e. The second kappa shape index (κ2) is 5.98. The molecule has 1 fully saturated rings. The highest BCUT2D eigenvalue weighted by molar-refractivity contribution is 7.89. The lowest BCUT2D eigenvalue weighted by Gasteiger charge is -2.29. The number of nitrogens with zero attached hydrogens (tertiary/aromatic N) is 1. The van der Waals surface area contributed by atoms with Crippen LogP contribution in [0.15, 0.2) is 0 Å². The van der Waals surface area contributed by atoms with E-state index in [9.17, 15) is 13.2 Å². The second-order valence-corrected chi connectivity index (χ2v) is 6.89. The van der Waals surface area contributed by atoms with Crippen molar-refractivity contribution in [1.82, 2.24) is 4.31 Å². The van der Waals surface area contributed by atoms with Crippen LogP contribution in [0.4, 0.5) is 0 Å². The van der Waals surface area contributed by atoms with Crippen LogP contribution in [0.5, 0.6) is 0 Å². The Morgan fingerprint density at radius 1 is 1.50 bits per heavy atom. The third kappa shape index (κ3) is 4.39. The molecule has 1 heterocycles. The van der Waals surface area contributed by atoms with Gasteiger partial charge in [0, 0.05) is 19.5 Å². The van der Waals surface area contributed by atoms with E-state index in [-0.39, 0.29) is 12.2 Å². The Kier molecular flexibility index (Phi) is 5.21. The molecule has 0 saturated carbocycles. The summed E-state index contributed by atoms with van der Waals surface area (Å²) in [5.74, 6) is 0.455. The third-order valence-corrected chi connectivity index (χ3v) is 4.90. The van der Waals surface area contributed by atoms with Gasteiger partial charge < -0.3 is 0 Å². The van der Waals surface area contributed by atoms with Gasteiger partial charge in [0.05, 0.1) is 5.75 Å². The number of hydrogen-bond acceptors (Lipinski definition) is 3. The highest BCUT2D eigenvalue weighted by Crippen LogP contribution is 2.19. The van der Waals surface area contributed by atoms with E-state index in [1.54, 1.807) is 4.31 Å². The van der Waals surface area contributed by atoms with E-state index in [2.05, 4.69) is 6.92 Å². The smallest absolute Gasteiger partial charge is 0.221 e. The maximum atomic E-state index is 11.9. The van der Waals surface area contributed by atoms with Crippen LogP contribution >= 0.6 is 11.6 Å². The SMILES string of the molecule is CC1CCCN(S(=O)(=O)CCCC(=O)Cl)C1. The van der Waals surface area contributed by atoms with E-state index < -0.39 is 15.3 Å². The molecule has 1 rings (SSSR count). The van der Waals surface area contributed by atoms with Gasteiger partial charge in [-0.25, -0.2) is 12.7 Å². The molecule has 1 saturated heterocycles. The summed E-state index contributed by atoms with van der Waals surface area (Å²) < 4.78 is 25.3. The fourth-order valence-electron chi connectivity index (χ4n) is 1.92. The first-order chi connectivity index (χ1) is 7.42. The molecule has 1 aliphatic heterocycles.